The van der Waals surface area contributed by atoms with Crippen LogP contribution >= 0.6 is 0 Å². The molecule has 0 fully saturated rings. The maximum absolute atomic E-state index is 13.0. The molecule has 0 aliphatic heterocycles. The summed E-state index contributed by atoms with van der Waals surface area (Å²) in [7, 11) is -7.50. The first-order valence-electron chi connectivity index (χ1n) is 7.99. The molecule has 14 heteroatoms. The molecule has 2 heterocycles. The van der Waals surface area contributed by atoms with Gasteiger partial charge < -0.3 is 4.42 Å². The third-order valence-electron chi connectivity index (χ3n) is 3.94. The monoisotopic (exact) mass is 473 g/mol. The first kappa shape index (κ1) is 22.2. The second kappa shape index (κ2) is 7.34. The minimum atomic E-state index is -5.01. The highest BCUT2D eigenvalue weighted by atomic mass is 32.2. The number of benzene rings is 1. The van der Waals surface area contributed by atoms with Gasteiger partial charge in [0.1, 0.15) is 16.0 Å². The number of hydrogen-bond acceptors (Lipinski definition) is 5. The molecule has 3 rings (SSSR count). The summed E-state index contributed by atoms with van der Waals surface area (Å²) in [6, 6.07) is 3.19. The van der Waals surface area contributed by atoms with Gasteiger partial charge in [0, 0.05) is 0 Å². The highest BCUT2D eigenvalue weighted by molar-refractivity contribution is 7.91. The van der Waals surface area contributed by atoms with Gasteiger partial charge in [-0.1, -0.05) is 6.92 Å². The Kier molecular flexibility index (Phi) is 5.43. The van der Waals surface area contributed by atoms with Crippen molar-refractivity contribution < 1.29 is 48.4 Å². The molecule has 2 aromatic heterocycles. The number of rotatable bonds is 4. The van der Waals surface area contributed by atoms with Gasteiger partial charge in [0.15, 0.2) is 32.4 Å². The minimum absolute atomic E-state index is 0.0823. The maximum Gasteiger partial charge on any atom is 0.475 e. The summed E-state index contributed by atoms with van der Waals surface area (Å²) >= 11 is 0. The number of nitrogens with zero attached hydrogens (tertiary/aromatic N) is 1. The molecular formula is C16H11F6N2O4S2+. The molecule has 3 aromatic rings. The molecule has 0 aliphatic carbocycles. The largest absolute Gasteiger partial charge is 0.475 e. The fraction of sp³-hybridized carbons (Fsp3) is 0.250. The van der Waals surface area contributed by atoms with E-state index in [1.807, 2.05) is 0 Å². The fourth-order valence-electron chi connectivity index (χ4n) is 2.47. The van der Waals surface area contributed by atoms with Gasteiger partial charge in [0.25, 0.3) is 11.6 Å². The molecule has 0 saturated carbocycles. The van der Waals surface area contributed by atoms with Crippen LogP contribution in [0.3, 0.4) is 0 Å². The highest BCUT2D eigenvalue weighted by Gasteiger charge is 2.39. The first-order chi connectivity index (χ1) is 13.7. The molecule has 30 heavy (non-hydrogen) atoms. The lowest BCUT2D eigenvalue weighted by Gasteiger charge is -2.07. The number of nitrogens with one attached hydrogen (secondary N) is 1. The molecule has 6 nitrogen and oxygen atoms in total. The van der Waals surface area contributed by atoms with E-state index in [1.54, 1.807) is 0 Å². The topological polar surface area (TPSA) is 91.4 Å². The standard InChI is InChI=1S/C16H10F6N2O4S2/c1-2-30(26,27)12-5-8(15(17,18)19)7-23-13(12)14-24-10-6-9(3-4-11(10)28-14)29(25)16(20,21)22/h3-7H,2H2,1H3/p+1. The number of alkyl halides is 6. The summed E-state index contributed by atoms with van der Waals surface area (Å²) < 4.78 is 118. The van der Waals surface area contributed by atoms with E-state index in [-0.39, 0.29) is 11.1 Å². The van der Waals surface area contributed by atoms with Crippen LogP contribution in [-0.2, 0) is 26.8 Å². The van der Waals surface area contributed by atoms with Crippen molar-refractivity contribution in [2.45, 2.75) is 28.4 Å². The lowest BCUT2D eigenvalue weighted by atomic mass is 10.2. The van der Waals surface area contributed by atoms with E-state index in [1.165, 1.54) is 6.92 Å². The lowest BCUT2D eigenvalue weighted by Crippen LogP contribution is -2.19. The van der Waals surface area contributed by atoms with Crippen molar-refractivity contribution in [3.05, 3.63) is 36.0 Å². The Hall–Kier alpha value is -2.48. The Labute approximate surface area is 167 Å². The van der Waals surface area contributed by atoms with E-state index in [0.717, 1.165) is 18.2 Å². The summed E-state index contributed by atoms with van der Waals surface area (Å²) in [5, 5.41) is 0. The summed E-state index contributed by atoms with van der Waals surface area (Å²) in [6.07, 6.45) is -4.31. The van der Waals surface area contributed by atoms with Crippen LogP contribution in [0.25, 0.3) is 22.7 Å². The van der Waals surface area contributed by atoms with Crippen LogP contribution in [-0.4, -0.2) is 28.9 Å². The van der Waals surface area contributed by atoms with E-state index in [2.05, 4.69) is 9.97 Å². The van der Waals surface area contributed by atoms with Crippen molar-refractivity contribution in [1.82, 2.24) is 4.98 Å². The molecule has 0 spiro atoms. The molecule has 1 aromatic carbocycles. The van der Waals surface area contributed by atoms with Gasteiger partial charge in [-0.15, -0.1) is 0 Å². The Balaban J connectivity index is 2.19. The molecule has 0 amide bonds. The number of aromatic amines is 1. The summed E-state index contributed by atoms with van der Waals surface area (Å²) in [5.74, 6) is -0.981. The summed E-state index contributed by atoms with van der Waals surface area (Å²) in [5.41, 5.74) is -6.94. The molecule has 0 bridgehead atoms. The predicted molar refractivity (Wildman–Crippen MR) is 91.2 cm³/mol. The van der Waals surface area contributed by atoms with Gasteiger partial charge in [-0.2, -0.15) is 26.3 Å². The van der Waals surface area contributed by atoms with Gasteiger partial charge in [-0.05, 0) is 24.3 Å². The Bertz CT molecular complexity index is 1250. The lowest BCUT2D eigenvalue weighted by molar-refractivity contribution is -0.372. The van der Waals surface area contributed by atoms with Crippen molar-refractivity contribution in [1.29, 1.82) is 0 Å². The van der Waals surface area contributed by atoms with Crippen LogP contribution in [0.5, 0.6) is 0 Å². The molecule has 0 radical (unpaired) electrons. The zero-order valence-electron chi connectivity index (χ0n) is 14.8. The third kappa shape index (κ3) is 4.19. The average Bonchev–Trinajstić information content (AvgIpc) is 3.08. The normalized spacial score (nSPS) is 14.2. The molecule has 0 saturated heterocycles. The van der Waals surface area contributed by atoms with E-state index in [9.17, 15) is 39.0 Å². The van der Waals surface area contributed by atoms with Gasteiger partial charge in [0.2, 0.25) is 0 Å². The second-order valence-electron chi connectivity index (χ2n) is 5.89. The molecular weight excluding hydrogens is 462 g/mol. The summed E-state index contributed by atoms with van der Waals surface area (Å²) in [4.78, 5) is 4.71. The number of hydrogen-bond donors (Lipinski definition) is 0. The van der Waals surface area contributed by atoms with Gasteiger partial charge in [0.05, 0.1) is 10.6 Å². The van der Waals surface area contributed by atoms with E-state index in [0.29, 0.717) is 12.3 Å². The van der Waals surface area contributed by atoms with Gasteiger partial charge in [-0.3, -0.25) is 0 Å². The van der Waals surface area contributed by atoms with Crippen LogP contribution < -0.4 is 4.98 Å². The van der Waals surface area contributed by atoms with Crippen LogP contribution in [0.2, 0.25) is 0 Å². The van der Waals surface area contributed by atoms with Crippen LogP contribution in [0.4, 0.5) is 26.3 Å². The predicted octanol–water partition coefficient (Wildman–Crippen LogP) is 3.75. The molecule has 1 unspecified atom stereocenters. The number of aromatic nitrogens is 2. The molecule has 1 atom stereocenters. The third-order valence-corrected chi connectivity index (χ3v) is 6.80. The molecule has 1 N–H and O–H groups in total. The fourth-order valence-corrected chi connectivity index (χ4v) is 4.22. The quantitative estimate of drug-likeness (QED) is 0.539. The van der Waals surface area contributed by atoms with Crippen molar-refractivity contribution in [3.8, 4) is 11.6 Å². The molecule has 162 valence electrons. The Morgan fingerprint density at radius 1 is 1.13 bits per heavy atom. The summed E-state index contributed by atoms with van der Waals surface area (Å²) in [6.45, 7) is 1.23. The number of halogens is 6. The highest BCUT2D eigenvalue weighted by Crippen LogP contribution is 2.34. The first-order valence-corrected chi connectivity index (χ1v) is 10.8. The Morgan fingerprint density at radius 2 is 1.80 bits per heavy atom. The van der Waals surface area contributed by atoms with Gasteiger partial charge in [-0.25, -0.2) is 22.6 Å². The maximum atomic E-state index is 13.0. The number of oxazole rings is 1. The number of H-pyrrole nitrogens is 1. The SMILES string of the molecule is CCS(=O)(=O)c1cc(C(F)(F)F)c[nH+]c1-c1nc2cc(S(=O)C(F)(F)F)ccc2o1. The zero-order valence-corrected chi connectivity index (χ0v) is 16.4. The van der Waals surface area contributed by atoms with Crippen molar-refractivity contribution in [2.24, 2.45) is 0 Å². The van der Waals surface area contributed by atoms with Crippen LogP contribution in [0.1, 0.15) is 12.5 Å². The van der Waals surface area contributed by atoms with E-state index >= 15 is 0 Å². The van der Waals surface area contributed by atoms with Crippen molar-refractivity contribution in [3.63, 3.8) is 0 Å². The molecule has 0 aliphatic rings. The van der Waals surface area contributed by atoms with Crippen LogP contribution in [0, 0.1) is 0 Å². The van der Waals surface area contributed by atoms with Crippen LogP contribution in [0.15, 0.2) is 44.7 Å². The van der Waals surface area contributed by atoms with E-state index < -0.39 is 65.0 Å². The van der Waals surface area contributed by atoms with Crippen molar-refractivity contribution in [2.75, 3.05) is 5.75 Å². The second-order valence-corrected chi connectivity index (χ2v) is 9.61. The van der Waals surface area contributed by atoms with Gasteiger partial charge >= 0.3 is 11.7 Å². The number of fused-ring (bicyclic) bond motifs is 1. The minimum Gasteiger partial charge on any atom is -0.431 e. The van der Waals surface area contributed by atoms with Crippen molar-refractivity contribution >= 4 is 31.7 Å². The Morgan fingerprint density at radius 3 is 2.37 bits per heavy atom. The number of sulfone groups is 1. The van der Waals surface area contributed by atoms with E-state index in [4.69, 9.17) is 4.42 Å². The average molecular weight is 473 g/mol. The number of pyridine rings is 1. The smallest absolute Gasteiger partial charge is 0.431 e. The zero-order chi connectivity index (χ0) is 22.5.